The summed E-state index contributed by atoms with van der Waals surface area (Å²) in [7, 11) is 0. The molecule has 0 aliphatic heterocycles. The Morgan fingerprint density at radius 3 is 2.43 bits per heavy atom. The van der Waals surface area contributed by atoms with Crippen LogP contribution in [0.4, 0.5) is 0 Å². The van der Waals surface area contributed by atoms with Crippen molar-refractivity contribution < 1.29 is 9.59 Å². The molecule has 1 aliphatic rings. The first-order valence-corrected chi connectivity index (χ1v) is 4.57. The van der Waals surface area contributed by atoms with E-state index < -0.39 is 5.91 Å². The number of benzene rings is 1. The van der Waals surface area contributed by atoms with E-state index >= 15 is 0 Å². The number of carbonyl (C=O) groups excluding carboxylic acids is 2. The number of primary amides is 1. The van der Waals surface area contributed by atoms with Gasteiger partial charge in [-0.05, 0) is 30.0 Å². The minimum atomic E-state index is -0.417. The Labute approximate surface area is 81.9 Å². The summed E-state index contributed by atoms with van der Waals surface area (Å²) in [6, 6.07) is 7.15. The normalized spacial score (nSPS) is 24.3. The zero-order valence-corrected chi connectivity index (χ0v) is 7.64. The average Bonchev–Trinajstić information content (AvgIpc) is 2.97. The number of aldehydes is 1. The van der Waals surface area contributed by atoms with E-state index in [9.17, 15) is 9.59 Å². The van der Waals surface area contributed by atoms with Gasteiger partial charge in [-0.3, -0.25) is 4.79 Å². The van der Waals surface area contributed by atoms with Gasteiger partial charge in [0.2, 0.25) is 5.91 Å². The molecular weight excluding hydrogens is 178 g/mol. The van der Waals surface area contributed by atoms with E-state index in [0.717, 1.165) is 18.3 Å². The Morgan fingerprint density at radius 2 is 2.00 bits per heavy atom. The van der Waals surface area contributed by atoms with Gasteiger partial charge in [0.15, 0.2) is 0 Å². The zero-order valence-electron chi connectivity index (χ0n) is 7.64. The maximum atomic E-state index is 10.8. The van der Waals surface area contributed by atoms with Crippen molar-refractivity contribution in [2.24, 2.45) is 11.7 Å². The second kappa shape index (κ2) is 3.25. The lowest BCUT2D eigenvalue weighted by molar-refractivity contribution is -0.108. The van der Waals surface area contributed by atoms with Gasteiger partial charge in [-0.1, -0.05) is 12.1 Å². The van der Waals surface area contributed by atoms with Crippen molar-refractivity contribution >= 4 is 12.2 Å². The number of hydrogen-bond acceptors (Lipinski definition) is 2. The third-order valence-corrected chi connectivity index (χ3v) is 2.64. The fourth-order valence-electron chi connectivity index (χ4n) is 1.64. The molecule has 14 heavy (non-hydrogen) atoms. The third kappa shape index (κ3) is 1.53. The van der Waals surface area contributed by atoms with Crippen LogP contribution in [0, 0.1) is 5.92 Å². The molecule has 0 saturated heterocycles. The molecule has 1 aromatic rings. The van der Waals surface area contributed by atoms with Gasteiger partial charge in [0, 0.05) is 11.5 Å². The van der Waals surface area contributed by atoms with Crippen LogP contribution in [0.2, 0.25) is 0 Å². The number of rotatable bonds is 3. The summed E-state index contributed by atoms with van der Waals surface area (Å²) in [5.41, 5.74) is 6.74. The minimum Gasteiger partial charge on any atom is -0.366 e. The average molecular weight is 189 g/mol. The molecule has 2 rings (SSSR count). The lowest BCUT2D eigenvalue weighted by Crippen LogP contribution is -2.10. The van der Waals surface area contributed by atoms with Gasteiger partial charge in [-0.25, -0.2) is 0 Å². The molecule has 1 aliphatic carbocycles. The second-order valence-electron chi connectivity index (χ2n) is 3.63. The van der Waals surface area contributed by atoms with Crippen LogP contribution in [0.25, 0.3) is 0 Å². The molecule has 1 amide bonds. The van der Waals surface area contributed by atoms with Crippen molar-refractivity contribution in [2.75, 3.05) is 0 Å². The van der Waals surface area contributed by atoms with E-state index in [2.05, 4.69) is 0 Å². The monoisotopic (exact) mass is 189 g/mol. The summed E-state index contributed by atoms with van der Waals surface area (Å²) < 4.78 is 0. The molecule has 0 bridgehead atoms. The molecule has 2 N–H and O–H groups in total. The maximum absolute atomic E-state index is 10.8. The van der Waals surface area contributed by atoms with Crippen LogP contribution in [-0.4, -0.2) is 12.2 Å². The van der Waals surface area contributed by atoms with Crippen LogP contribution in [0.5, 0.6) is 0 Å². The predicted molar refractivity (Wildman–Crippen MR) is 51.9 cm³/mol. The van der Waals surface area contributed by atoms with Crippen LogP contribution in [0.1, 0.15) is 28.3 Å². The molecule has 0 spiro atoms. The highest BCUT2D eigenvalue weighted by Crippen LogP contribution is 2.45. The zero-order chi connectivity index (χ0) is 10.1. The first-order valence-electron chi connectivity index (χ1n) is 4.57. The standard InChI is InChI=1S/C11H11NO2/c12-11(14)8-3-1-7(2-4-8)10-5-9(10)6-13/h1-4,6,9-10H,5H2,(H2,12,14)/t9-,10-/m1/s1. The van der Waals surface area contributed by atoms with Crippen molar-refractivity contribution in [3.05, 3.63) is 35.4 Å². The fourth-order valence-corrected chi connectivity index (χ4v) is 1.64. The highest BCUT2D eigenvalue weighted by molar-refractivity contribution is 5.92. The molecule has 72 valence electrons. The molecule has 3 heteroatoms. The molecule has 0 aromatic heterocycles. The summed E-state index contributed by atoms with van der Waals surface area (Å²) >= 11 is 0. The van der Waals surface area contributed by atoms with E-state index in [-0.39, 0.29) is 5.92 Å². The highest BCUT2D eigenvalue weighted by atomic mass is 16.1. The fraction of sp³-hybridized carbons (Fsp3) is 0.273. The second-order valence-corrected chi connectivity index (χ2v) is 3.63. The van der Waals surface area contributed by atoms with Crippen LogP contribution in [0.3, 0.4) is 0 Å². The van der Waals surface area contributed by atoms with Crippen LogP contribution < -0.4 is 5.73 Å². The van der Waals surface area contributed by atoms with Gasteiger partial charge >= 0.3 is 0 Å². The van der Waals surface area contributed by atoms with Crippen LogP contribution in [0.15, 0.2) is 24.3 Å². The first-order chi connectivity index (χ1) is 6.72. The Balaban J connectivity index is 2.15. The molecule has 1 aromatic carbocycles. The first kappa shape index (κ1) is 8.94. The minimum absolute atomic E-state index is 0.175. The van der Waals surface area contributed by atoms with Gasteiger partial charge in [-0.2, -0.15) is 0 Å². The van der Waals surface area contributed by atoms with E-state index in [1.54, 1.807) is 12.1 Å². The molecule has 1 saturated carbocycles. The lowest BCUT2D eigenvalue weighted by Gasteiger charge is -1.99. The molecular formula is C11H11NO2. The van der Waals surface area contributed by atoms with Gasteiger partial charge in [0.1, 0.15) is 6.29 Å². The van der Waals surface area contributed by atoms with E-state index in [4.69, 9.17) is 5.73 Å². The number of hydrogen-bond donors (Lipinski definition) is 1. The largest absolute Gasteiger partial charge is 0.366 e. The number of amides is 1. The molecule has 2 atom stereocenters. The van der Waals surface area contributed by atoms with Gasteiger partial charge in [0.25, 0.3) is 0 Å². The van der Waals surface area contributed by atoms with E-state index in [0.29, 0.717) is 11.5 Å². The molecule has 0 unspecified atom stereocenters. The molecule has 3 nitrogen and oxygen atoms in total. The Kier molecular flexibility index (Phi) is 2.08. The maximum Gasteiger partial charge on any atom is 0.248 e. The van der Waals surface area contributed by atoms with Crippen molar-refractivity contribution in [1.29, 1.82) is 0 Å². The highest BCUT2D eigenvalue weighted by Gasteiger charge is 2.37. The summed E-state index contributed by atoms with van der Waals surface area (Å²) in [6.45, 7) is 0. The summed E-state index contributed by atoms with van der Waals surface area (Å²) in [4.78, 5) is 21.2. The summed E-state index contributed by atoms with van der Waals surface area (Å²) in [6.07, 6.45) is 1.92. The predicted octanol–water partition coefficient (Wildman–Crippen LogP) is 1.09. The Morgan fingerprint density at radius 1 is 1.36 bits per heavy atom. The Bertz CT molecular complexity index is 369. The number of nitrogens with two attached hydrogens (primary N) is 1. The summed E-state index contributed by atoms with van der Waals surface area (Å²) in [5, 5.41) is 0. The van der Waals surface area contributed by atoms with E-state index in [1.807, 2.05) is 12.1 Å². The van der Waals surface area contributed by atoms with Gasteiger partial charge < -0.3 is 10.5 Å². The lowest BCUT2D eigenvalue weighted by atomic mass is 10.1. The smallest absolute Gasteiger partial charge is 0.248 e. The SMILES string of the molecule is NC(=O)c1ccc([C@H]2C[C@@H]2C=O)cc1. The summed E-state index contributed by atoms with van der Waals surface area (Å²) in [5.74, 6) is 0.114. The van der Waals surface area contributed by atoms with Crippen LogP contribution in [-0.2, 0) is 4.79 Å². The molecule has 1 fully saturated rings. The number of carbonyl (C=O) groups is 2. The van der Waals surface area contributed by atoms with Gasteiger partial charge in [0.05, 0.1) is 0 Å². The quantitative estimate of drug-likeness (QED) is 0.723. The third-order valence-electron chi connectivity index (χ3n) is 2.64. The van der Waals surface area contributed by atoms with E-state index in [1.165, 1.54) is 0 Å². The van der Waals surface area contributed by atoms with Crippen molar-refractivity contribution in [2.45, 2.75) is 12.3 Å². The molecule has 0 heterocycles. The van der Waals surface area contributed by atoms with Crippen molar-refractivity contribution in [3.8, 4) is 0 Å². The van der Waals surface area contributed by atoms with Crippen LogP contribution >= 0.6 is 0 Å². The van der Waals surface area contributed by atoms with Crippen molar-refractivity contribution in [1.82, 2.24) is 0 Å². The van der Waals surface area contributed by atoms with Crippen molar-refractivity contribution in [3.63, 3.8) is 0 Å². The molecule has 0 radical (unpaired) electrons. The topological polar surface area (TPSA) is 60.2 Å². The van der Waals surface area contributed by atoms with Gasteiger partial charge in [-0.15, -0.1) is 0 Å². The Hall–Kier alpha value is -1.64.